The van der Waals surface area contributed by atoms with Crippen LogP contribution in [0.2, 0.25) is 5.02 Å². The Balaban J connectivity index is 2.10. The fourth-order valence-electron chi connectivity index (χ4n) is 2.94. The third-order valence-corrected chi connectivity index (χ3v) is 4.06. The highest BCUT2D eigenvalue weighted by Crippen LogP contribution is 2.28. The molecular formula is C16H20ClN3. The van der Waals surface area contributed by atoms with E-state index in [1.54, 1.807) is 0 Å². The number of benzene rings is 1. The maximum Gasteiger partial charge on any atom is 0.114 e. The smallest absolute Gasteiger partial charge is 0.114 e. The van der Waals surface area contributed by atoms with Crippen molar-refractivity contribution in [3.05, 3.63) is 41.2 Å². The summed E-state index contributed by atoms with van der Waals surface area (Å²) >= 11 is 6.09. The lowest BCUT2D eigenvalue weighted by Crippen LogP contribution is -2.30. The Morgan fingerprint density at radius 3 is 3.10 bits per heavy atom. The second kappa shape index (κ2) is 5.58. The van der Waals surface area contributed by atoms with Gasteiger partial charge in [-0.15, -0.1) is 0 Å². The van der Waals surface area contributed by atoms with E-state index in [2.05, 4.69) is 29.5 Å². The number of nitrogens with zero attached hydrogens (tertiary/aromatic N) is 2. The molecule has 1 fully saturated rings. The van der Waals surface area contributed by atoms with Crippen LogP contribution in [0.4, 0.5) is 0 Å². The van der Waals surface area contributed by atoms with Crippen LogP contribution in [-0.2, 0) is 6.54 Å². The highest BCUT2D eigenvalue weighted by molar-refractivity contribution is 6.31. The summed E-state index contributed by atoms with van der Waals surface area (Å²) in [5, 5.41) is 4.21. The SMILES string of the molecule is C=C(C)Cn1c(C2CCCNC2)nc2cc(Cl)ccc21. The van der Waals surface area contributed by atoms with Crippen molar-refractivity contribution in [1.29, 1.82) is 0 Å². The predicted molar refractivity (Wildman–Crippen MR) is 84.4 cm³/mol. The van der Waals surface area contributed by atoms with Gasteiger partial charge in [0.15, 0.2) is 0 Å². The van der Waals surface area contributed by atoms with E-state index in [0.717, 1.165) is 47.1 Å². The number of hydrogen-bond donors (Lipinski definition) is 1. The molecule has 0 bridgehead atoms. The molecule has 1 aromatic heterocycles. The third-order valence-electron chi connectivity index (χ3n) is 3.83. The molecular weight excluding hydrogens is 270 g/mol. The fourth-order valence-corrected chi connectivity index (χ4v) is 3.11. The standard InChI is InChI=1S/C16H20ClN3/c1-11(2)10-20-15-6-5-13(17)8-14(15)19-16(20)12-4-3-7-18-9-12/h5-6,8,12,18H,1,3-4,7,9-10H2,2H3. The van der Waals surface area contributed by atoms with Crippen LogP contribution in [0.5, 0.6) is 0 Å². The molecule has 3 rings (SSSR count). The molecule has 0 radical (unpaired) electrons. The molecule has 0 spiro atoms. The number of fused-ring (bicyclic) bond motifs is 1. The number of nitrogens with one attached hydrogen (secondary N) is 1. The van der Waals surface area contributed by atoms with Gasteiger partial charge in [0.05, 0.1) is 11.0 Å². The first-order valence-electron chi connectivity index (χ1n) is 7.16. The van der Waals surface area contributed by atoms with Gasteiger partial charge in [-0.3, -0.25) is 0 Å². The number of hydrogen-bond acceptors (Lipinski definition) is 2. The van der Waals surface area contributed by atoms with Crippen molar-refractivity contribution in [1.82, 2.24) is 14.9 Å². The summed E-state index contributed by atoms with van der Waals surface area (Å²) in [5.41, 5.74) is 3.28. The molecule has 1 aliphatic heterocycles. The Labute approximate surface area is 124 Å². The number of aromatic nitrogens is 2. The molecule has 4 heteroatoms. The van der Waals surface area contributed by atoms with E-state index in [-0.39, 0.29) is 0 Å². The molecule has 2 heterocycles. The Morgan fingerprint density at radius 2 is 2.40 bits per heavy atom. The molecule has 1 aromatic carbocycles. The van der Waals surface area contributed by atoms with E-state index < -0.39 is 0 Å². The number of allylic oxidation sites excluding steroid dienone is 1. The lowest BCUT2D eigenvalue weighted by molar-refractivity contribution is 0.437. The van der Waals surface area contributed by atoms with E-state index in [9.17, 15) is 0 Å². The van der Waals surface area contributed by atoms with Crippen LogP contribution in [0.1, 0.15) is 31.5 Å². The maximum atomic E-state index is 6.09. The van der Waals surface area contributed by atoms with Gasteiger partial charge >= 0.3 is 0 Å². The van der Waals surface area contributed by atoms with Crippen molar-refractivity contribution < 1.29 is 0 Å². The van der Waals surface area contributed by atoms with Crippen LogP contribution in [0.25, 0.3) is 11.0 Å². The van der Waals surface area contributed by atoms with Crippen molar-refractivity contribution in [3.63, 3.8) is 0 Å². The lowest BCUT2D eigenvalue weighted by atomic mass is 9.99. The third kappa shape index (κ3) is 2.60. The fraction of sp³-hybridized carbons (Fsp3) is 0.438. The minimum absolute atomic E-state index is 0.481. The number of halogens is 1. The van der Waals surface area contributed by atoms with Crippen molar-refractivity contribution in [2.45, 2.75) is 32.2 Å². The van der Waals surface area contributed by atoms with Gasteiger partial charge < -0.3 is 9.88 Å². The zero-order valence-corrected chi connectivity index (χ0v) is 12.6. The minimum Gasteiger partial charge on any atom is -0.324 e. The molecule has 1 unspecified atom stereocenters. The molecule has 0 aliphatic carbocycles. The zero-order chi connectivity index (χ0) is 14.1. The van der Waals surface area contributed by atoms with Crippen LogP contribution in [0.15, 0.2) is 30.4 Å². The van der Waals surface area contributed by atoms with Crippen LogP contribution in [0.3, 0.4) is 0 Å². The first-order chi connectivity index (χ1) is 9.65. The van der Waals surface area contributed by atoms with Crippen LogP contribution in [-0.4, -0.2) is 22.6 Å². The molecule has 1 atom stereocenters. The first kappa shape index (κ1) is 13.7. The van der Waals surface area contributed by atoms with E-state index >= 15 is 0 Å². The summed E-state index contributed by atoms with van der Waals surface area (Å²) in [6.07, 6.45) is 2.40. The highest BCUT2D eigenvalue weighted by atomic mass is 35.5. The Hall–Kier alpha value is -1.32. The minimum atomic E-state index is 0.481. The molecule has 106 valence electrons. The van der Waals surface area contributed by atoms with E-state index in [1.165, 1.54) is 12.8 Å². The first-order valence-corrected chi connectivity index (χ1v) is 7.54. The summed E-state index contributed by atoms with van der Waals surface area (Å²) in [5.74, 6) is 1.65. The summed E-state index contributed by atoms with van der Waals surface area (Å²) in [7, 11) is 0. The second-order valence-electron chi connectivity index (χ2n) is 5.69. The monoisotopic (exact) mass is 289 g/mol. The summed E-state index contributed by atoms with van der Waals surface area (Å²) in [4.78, 5) is 4.85. The zero-order valence-electron chi connectivity index (χ0n) is 11.8. The summed E-state index contributed by atoms with van der Waals surface area (Å²) < 4.78 is 2.30. The van der Waals surface area contributed by atoms with Crippen molar-refractivity contribution in [2.75, 3.05) is 13.1 Å². The molecule has 0 saturated carbocycles. The molecule has 20 heavy (non-hydrogen) atoms. The molecule has 3 nitrogen and oxygen atoms in total. The molecule has 0 amide bonds. The van der Waals surface area contributed by atoms with Crippen molar-refractivity contribution in [2.24, 2.45) is 0 Å². The van der Waals surface area contributed by atoms with Gasteiger partial charge in [0, 0.05) is 24.0 Å². The molecule has 1 aliphatic rings. The van der Waals surface area contributed by atoms with Crippen molar-refractivity contribution >= 4 is 22.6 Å². The Kier molecular flexibility index (Phi) is 3.81. The lowest BCUT2D eigenvalue weighted by Gasteiger charge is -2.23. The van der Waals surface area contributed by atoms with Gasteiger partial charge in [0.1, 0.15) is 5.82 Å². The van der Waals surface area contributed by atoms with Gasteiger partial charge in [-0.1, -0.05) is 23.8 Å². The maximum absolute atomic E-state index is 6.09. The number of imidazole rings is 1. The average Bonchev–Trinajstić information content (AvgIpc) is 2.77. The molecule has 1 saturated heterocycles. The Bertz CT molecular complexity index is 638. The quantitative estimate of drug-likeness (QED) is 0.873. The molecule has 2 aromatic rings. The summed E-state index contributed by atoms with van der Waals surface area (Å²) in [6, 6.07) is 5.95. The van der Waals surface area contributed by atoms with E-state index in [1.807, 2.05) is 12.1 Å². The van der Waals surface area contributed by atoms with Gasteiger partial charge in [-0.05, 0) is 44.5 Å². The number of piperidine rings is 1. The van der Waals surface area contributed by atoms with Crippen LogP contribution >= 0.6 is 11.6 Å². The van der Waals surface area contributed by atoms with Gasteiger partial charge in [0.25, 0.3) is 0 Å². The summed E-state index contributed by atoms with van der Waals surface area (Å²) in [6.45, 7) is 9.06. The van der Waals surface area contributed by atoms with Gasteiger partial charge in [-0.2, -0.15) is 0 Å². The van der Waals surface area contributed by atoms with Gasteiger partial charge in [0.2, 0.25) is 0 Å². The number of rotatable bonds is 3. The topological polar surface area (TPSA) is 29.9 Å². The van der Waals surface area contributed by atoms with E-state index in [0.29, 0.717) is 5.92 Å². The highest BCUT2D eigenvalue weighted by Gasteiger charge is 2.22. The van der Waals surface area contributed by atoms with E-state index in [4.69, 9.17) is 16.6 Å². The van der Waals surface area contributed by atoms with Crippen molar-refractivity contribution in [3.8, 4) is 0 Å². The second-order valence-corrected chi connectivity index (χ2v) is 6.13. The van der Waals surface area contributed by atoms with Crippen LogP contribution in [0, 0.1) is 0 Å². The normalized spacial score (nSPS) is 19.4. The molecule has 1 N–H and O–H groups in total. The largest absolute Gasteiger partial charge is 0.324 e. The predicted octanol–water partition coefficient (Wildman–Crippen LogP) is 3.73. The Morgan fingerprint density at radius 1 is 1.55 bits per heavy atom. The average molecular weight is 290 g/mol. The van der Waals surface area contributed by atoms with Gasteiger partial charge in [-0.25, -0.2) is 4.98 Å². The van der Waals surface area contributed by atoms with Crippen LogP contribution < -0.4 is 5.32 Å².